The number of hydrogen-bond donors (Lipinski definition) is 2. The molecule has 3 rings (SSSR count). The number of esters is 3. The van der Waals surface area contributed by atoms with E-state index >= 15 is 0 Å². The molecule has 10 heteroatoms. The quantitative estimate of drug-likeness (QED) is 0.314. The van der Waals surface area contributed by atoms with Crippen molar-refractivity contribution >= 4 is 29.5 Å². The van der Waals surface area contributed by atoms with E-state index in [-0.39, 0.29) is 42.3 Å². The number of carbonyl (C=O) groups is 4. The molecule has 34 heavy (non-hydrogen) atoms. The van der Waals surface area contributed by atoms with Gasteiger partial charge in [0.05, 0.1) is 19.8 Å². The number of benzene rings is 1. The molecule has 0 radical (unpaired) electrons. The Kier molecular flexibility index (Phi) is 7.60. The molecule has 1 atom stereocenters. The summed E-state index contributed by atoms with van der Waals surface area (Å²) in [5, 5.41) is 2.71. The van der Waals surface area contributed by atoms with Gasteiger partial charge in [0.2, 0.25) is 11.8 Å². The largest absolute Gasteiger partial charge is 0.466 e. The summed E-state index contributed by atoms with van der Waals surface area (Å²) in [7, 11) is 0. The van der Waals surface area contributed by atoms with Gasteiger partial charge in [-0.05, 0) is 26.3 Å². The molecule has 0 aromatic heterocycles. The number of ether oxygens (including phenoxy) is 4. The van der Waals surface area contributed by atoms with Crippen LogP contribution in [-0.2, 0) is 43.5 Å². The number of nitrogens with two attached hydrogens (primary N) is 1. The molecule has 2 aliphatic heterocycles. The normalized spacial score (nSPS) is 18.9. The standard InChI is InChI=1S/C24H28N2O8/c1-4-7-12-33-22(29)19-20(25)34-16(13-17(27)31-5-2)18(21(28)32-6-3)24(19)14-10-8-9-11-15(14)26-23(24)30/h8-11H,4-7,12-13,25H2,1-3H3,(H,26,30)/t24-/m0/s1. The fourth-order valence-electron chi connectivity index (χ4n) is 4.08. The van der Waals surface area contributed by atoms with Gasteiger partial charge in [-0.3, -0.25) is 9.59 Å². The van der Waals surface area contributed by atoms with E-state index in [2.05, 4.69) is 5.32 Å². The molecule has 0 aliphatic carbocycles. The first-order valence-electron chi connectivity index (χ1n) is 11.1. The average molecular weight is 472 g/mol. The van der Waals surface area contributed by atoms with Crippen LogP contribution in [0.2, 0.25) is 0 Å². The summed E-state index contributed by atoms with van der Waals surface area (Å²) in [4.78, 5) is 52.5. The van der Waals surface area contributed by atoms with Crippen molar-refractivity contribution in [1.82, 2.24) is 0 Å². The van der Waals surface area contributed by atoms with Gasteiger partial charge in [-0.2, -0.15) is 0 Å². The van der Waals surface area contributed by atoms with E-state index in [1.54, 1.807) is 38.1 Å². The van der Waals surface area contributed by atoms with Crippen molar-refractivity contribution in [2.75, 3.05) is 25.1 Å². The molecule has 0 bridgehead atoms. The lowest BCUT2D eigenvalue weighted by molar-refractivity contribution is -0.144. The molecule has 1 spiro atoms. The minimum Gasteiger partial charge on any atom is -0.466 e. The third-order valence-electron chi connectivity index (χ3n) is 5.45. The molecule has 1 aromatic carbocycles. The van der Waals surface area contributed by atoms with E-state index < -0.39 is 41.5 Å². The molecular weight excluding hydrogens is 444 g/mol. The SMILES string of the molecule is CCCCOC(=O)C1=C(N)OC(CC(=O)OCC)=C(C(=O)OCC)[C@]12C(=O)Nc1ccccc12. The summed E-state index contributed by atoms with van der Waals surface area (Å²) in [6.07, 6.45) is 0.854. The van der Waals surface area contributed by atoms with Crippen molar-refractivity contribution in [1.29, 1.82) is 0 Å². The molecule has 0 saturated carbocycles. The highest BCUT2D eigenvalue weighted by Crippen LogP contribution is 2.52. The average Bonchev–Trinajstić information content (AvgIpc) is 3.06. The maximum atomic E-state index is 13.7. The van der Waals surface area contributed by atoms with Gasteiger partial charge < -0.3 is 30.0 Å². The lowest BCUT2D eigenvalue weighted by atomic mass is 9.67. The first kappa shape index (κ1) is 24.8. The van der Waals surface area contributed by atoms with Crippen molar-refractivity contribution in [3.05, 3.63) is 52.6 Å². The second kappa shape index (κ2) is 10.4. The van der Waals surface area contributed by atoms with Gasteiger partial charge >= 0.3 is 17.9 Å². The van der Waals surface area contributed by atoms with Gasteiger partial charge in [-0.15, -0.1) is 0 Å². The molecule has 0 fully saturated rings. The Labute approximate surface area is 197 Å². The Bertz CT molecular complexity index is 1070. The van der Waals surface area contributed by atoms with E-state index in [9.17, 15) is 19.2 Å². The minimum absolute atomic E-state index is 0.0240. The number of para-hydroxylation sites is 1. The van der Waals surface area contributed by atoms with E-state index in [1.165, 1.54) is 0 Å². The van der Waals surface area contributed by atoms with Crippen LogP contribution in [0, 0.1) is 0 Å². The highest BCUT2D eigenvalue weighted by atomic mass is 16.6. The van der Waals surface area contributed by atoms with Gasteiger partial charge in [-0.1, -0.05) is 31.5 Å². The number of fused-ring (bicyclic) bond motifs is 2. The first-order chi connectivity index (χ1) is 16.3. The second-order valence-electron chi connectivity index (χ2n) is 7.58. The Morgan fingerprint density at radius 3 is 2.35 bits per heavy atom. The number of carbonyl (C=O) groups excluding carboxylic acids is 4. The van der Waals surface area contributed by atoms with Crippen molar-refractivity contribution in [3.8, 4) is 0 Å². The van der Waals surface area contributed by atoms with E-state index in [0.717, 1.165) is 6.42 Å². The molecule has 1 aromatic rings. The van der Waals surface area contributed by atoms with E-state index in [0.29, 0.717) is 12.1 Å². The maximum Gasteiger partial charge on any atom is 0.341 e. The summed E-state index contributed by atoms with van der Waals surface area (Å²) in [5.74, 6) is -3.93. The van der Waals surface area contributed by atoms with Crippen LogP contribution >= 0.6 is 0 Å². The van der Waals surface area contributed by atoms with Crippen LogP contribution in [0.3, 0.4) is 0 Å². The molecule has 0 unspecified atom stereocenters. The lowest BCUT2D eigenvalue weighted by Crippen LogP contribution is -2.49. The molecule has 2 heterocycles. The zero-order valence-corrected chi connectivity index (χ0v) is 19.4. The smallest absolute Gasteiger partial charge is 0.341 e. The van der Waals surface area contributed by atoms with Crippen molar-refractivity contribution < 1.29 is 38.1 Å². The highest BCUT2D eigenvalue weighted by Gasteiger charge is 2.62. The van der Waals surface area contributed by atoms with E-state index in [1.807, 2.05) is 6.92 Å². The van der Waals surface area contributed by atoms with Gasteiger partial charge in [0.15, 0.2) is 0 Å². The molecule has 3 N–H and O–H groups in total. The topological polar surface area (TPSA) is 143 Å². The Morgan fingerprint density at radius 1 is 1.00 bits per heavy atom. The van der Waals surface area contributed by atoms with Crippen molar-refractivity contribution in [2.24, 2.45) is 5.73 Å². The van der Waals surface area contributed by atoms with Gasteiger partial charge in [0.25, 0.3) is 0 Å². The van der Waals surface area contributed by atoms with Crippen LogP contribution < -0.4 is 11.1 Å². The van der Waals surface area contributed by atoms with Crippen molar-refractivity contribution in [3.63, 3.8) is 0 Å². The third-order valence-corrected chi connectivity index (χ3v) is 5.45. The van der Waals surface area contributed by atoms with Gasteiger partial charge in [-0.25, -0.2) is 9.59 Å². The van der Waals surface area contributed by atoms with Crippen molar-refractivity contribution in [2.45, 2.75) is 45.4 Å². The Morgan fingerprint density at radius 2 is 1.68 bits per heavy atom. The number of nitrogens with one attached hydrogen (secondary N) is 1. The number of hydrogen-bond acceptors (Lipinski definition) is 9. The Hall–Kier alpha value is -3.82. The fraction of sp³-hybridized carbons (Fsp3) is 0.417. The van der Waals surface area contributed by atoms with Gasteiger partial charge in [0.1, 0.15) is 28.7 Å². The third kappa shape index (κ3) is 4.23. The van der Waals surface area contributed by atoms with Crippen LogP contribution in [0.15, 0.2) is 47.1 Å². The van der Waals surface area contributed by atoms with Gasteiger partial charge in [0, 0.05) is 11.3 Å². The maximum absolute atomic E-state index is 13.7. The summed E-state index contributed by atoms with van der Waals surface area (Å²) in [6, 6.07) is 6.56. The van der Waals surface area contributed by atoms with Crippen LogP contribution in [0.5, 0.6) is 0 Å². The summed E-state index contributed by atoms with van der Waals surface area (Å²) < 4.78 is 21.3. The fourth-order valence-corrected chi connectivity index (χ4v) is 4.08. The zero-order chi connectivity index (χ0) is 24.9. The predicted octanol–water partition coefficient (Wildman–Crippen LogP) is 2.19. The summed E-state index contributed by atoms with van der Waals surface area (Å²) in [6.45, 7) is 5.30. The molecule has 1 amide bonds. The molecule has 182 valence electrons. The summed E-state index contributed by atoms with van der Waals surface area (Å²) >= 11 is 0. The second-order valence-corrected chi connectivity index (χ2v) is 7.58. The number of unbranched alkanes of at least 4 members (excludes halogenated alkanes) is 1. The Balaban J connectivity index is 2.30. The number of amides is 1. The lowest BCUT2D eigenvalue weighted by Gasteiger charge is -2.36. The number of anilines is 1. The molecular formula is C24H28N2O8. The van der Waals surface area contributed by atoms with E-state index in [4.69, 9.17) is 24.7 Å². The number of rotatable bonds is 9. The van der Waals surface area contributed by atoms with Crippen LogP contribution in [0.1, 0.15) is 45.6 Å². The highest BCUT2D eigenvalue weighted by molar-refractivity contribution is 6.21. The van der Waals surface area contributed by atoms with Crippen LogP contribution in [0.25, 0.3) is 0 Å². The molecule has 0 saturated heterocycles. The molecule has 10 nitrogen and oxygen atoms in total. The zero-order valence-electron chi connectivity index (χ0n) is 19.4. The van der Waals surface area contributed by atoms with Crippen LogP contribution in [0.4, 0.5) is 5.69 Å². The molecule has 2 aliphatic rings. The summed E-state index contributed by atoms with van der Waals surface area (Å²) in [5.41, 5.74) is 4.14. The monoisotopic (exact) mass is 472 g/mol. The predicted molar refractivity (Wildman–Crippen MR) is 120 cm³/mol. The minimum atomic E-state index is -2.03. The first-order valence-corrected chi connectivity index (χ1v) is 11.1. The van der Waals surface area contributed by atoms with Crippen LogP contribution in [-0.4, -0.2) is 43.6 Å².